The normalized spacial score (nSPS) is 10.9. The zero-order valence-electron chi connectivity index (χ0n) is 14.8. The Morgan fingerprint density at radius 3 is 2.81 bits per heavy atom. The first-order chi connectivity index (χ1) is 13.1. The summed E-state index contributed by atoms with van der Waals surface area (Å²) in [6.45, 7) is 2.26. The van der Waals surface area contributed by atoms with Crippen LogP contribution in [-0.2, 0) is 6.54 Å². The van der Waals surface area contributed by atoms with Gasteiger partial charge in [0.1, 0.15) is 11.6 Å². The molecule has 0 fully saturated rings. The molecule has 7 nitrogen and oxygen atoms in total. The molecule has 0 aliphatic carbocycles. The molecule has 0 spiro atoms. The molecule has 2 aromatic heterocycles. The Kier molecular flexibility index (Phi) is 4.37. The molecule has 0 bridgehead atoms. The van der Waals surface area contributed by atoms with Crippen molar-refractivity contribution < 1.29 is 13.7 Å². The number of aromatic nitrogens is 5. The quantitative estimate of drug-likeness (QED) is 0.539. The van der Waals surface area contributed by atoms with E-state index in [1.807, 2.05) is 37.3 Å². The number of hydrogen-bond donors (Lipinski definition) is 0. The molecule has 0 aliphatic rings. The van der Waals surface area contributed by atoms with E-state index >= 15 is 0 Å². The van der Waals surface area contributed by atoms with Crippen molar-refractivity contribution in [3.05, 3.63) is 65.6 Å². The van der Waals surface area contributed by atoms with Crippen molar-refractivity contribution in [1.29, 1.82) is 0 Å². The number of ether oxygens (including phenoxy) is 1. The van der Waals surface area contributed by atoms with Gasteiger partial charge in [-0.15, -0.1) is 5.10 Å². The highest BCUT2D eigenvalue weighted by atomic mass is 19.1. The van der Waals surface area contributed by atoms with Crippen LogP contribution in [0, 0.1) is 12.7 Å². The summed E-state index contributed by atoms with van der Waals surface area (Å²) >= 11 is 0. The summed E-state index contributed by atoms with van der Waals surface area (Å²) in [6, 6.07) is 13.7. The minimum Gasteiger partial charge on any atom is -0.497 e. The van der Waals surface area contributed by atoms with Crippen molar-refractivity contribution >= 4 is 0 Å². The Labute approximate surface area is 154 Å². The highest BCUT2D eigenvalue weighted by Gasteiger charge is 2.18. The molecule has 4 aromatic rings. The maximum absolute atomic E-state index is 13.4. The van der Waals surface area contributed by atoms with Gasteiger partial charge in [-0.3, -0.25) is 0 Å². The standard InChI is InChI=1S/C19H16FN5O2/c1-12-17(22-24-25(12)11-13-5-3-7-15(20)9-13)18-21-19(27-23-18)14-6-4-8-16(10-14)26-2/h3-10H,11H2,1-2H3. The van der Waals surface area contributed by atoms with Crippen molar-refractivity contribution in [2.24, 2.45) is 0 Å². The Balaban J connectivity index is 1.61. The number of halogens is 1. The van der Waals surface area contributed by atoms with Gasteiger partial charge in [-0.2, -0.15) is 4.98 Å². The van der Waals surface area contributed by atoms with Crippen molar-refractivity contribution in [2.75, 3.05) is 7.11 Å². The zero-order chi connectivity index (χ0) is 18.8. The van der Waals surface area contributed by atoms with Gasteiger partial charge in [-0.25, -0.2) is 9.07 Å². The van der Waals surface area contributed by atoms with Gasteiger partial charge in [0.25, 0.3) is 5.89 Å². The van der Waals surface area contributed by atoms with Crippen LogP contribution in [0.2, 0.25) is 0 Å². The van der Waals surface area contributed by atoms with Crippen LogP contribution in [0.4, 0.5) is 4.39 Å². The summed E-state index contributed by atoms with van der Waals surface area (Å²) in [5.41, 5.74) is 2.82. The van der Waals surface area contributed by atoms with Crippen LogP contribution in [0.15, 0.2) is 53.1 Å². The maximum atomic E-state index is 13.4. The molecule has 4 rings (SSSR count). The number of rotatable bonds is 5. The number of methoxy groups -OCH3 is 1. The van der Waals surface area contributed by atoms with Gasteiger partial charge in [0.05, 0.1) is 19.3 Å². The van der Waals surface area contributed by atoms with Gasteiger partial charge in [-0.05, 0) is 42.8 Å². The van der Waals surface area contributed by atoms with E-state index in [4.69, 9.17) is 9.26 Å². The second-order valence-electron chi connectivity index (χ2n) is 5.97. The fourth-order valence-electron chi connectivity index (χ4n) is 2.72. The summed E-state index contributed by atoms with van der Waals surface area (Å²) in [5.74, 6) is 1.12. The summed E-state index contributed by atoms with van der Waals surface area (Å²) in [7, 11) is 1.60. The fourth-order valence-corrected chi connectivity index (χ4v) is 2.72. The van der Waals surface area contributed by atoms with Gasteiger partial charge in [-0.1, -0.05) is 28.6 Å². The predicted molar refractivity (Wildman–Crippen MR) is 95.5 cm³/mol. The second kappa shape index (κ2) is 6.99. The lowest BCUT2D eigenvalue weighted by molar-refractivity contribution is 0.413. The Bertz CT molecular complexity index is 1090. The zero-order valence-corrected chi connectivity index (χ0v) is 14.8. The third-order valence-electron chi connectivity index (χ3n) is 4.16. The maximum Gasteiger partial charge on any atom is 0.258 e. The van der Waals surface area contributed by atoms with E-state index in [0.717, 1.165) is 16.8 Å². The lowest BCUT2D eigenvalue weighted by atomic mass is 10.2. The van der Waals surface area contributed by atoms with E-state index in [9.17, 15) is 4.39 Å². The average molecular weight is 365 g/mol. The van der Waals surface area contributed by atoms with Crippen LogP contribution in [0.3, 0.4) is 0 Å². The van der Waals surface area contributed by atoms with E-state index in [2.05, 4.69) is 20.5 Å². The molecule has 27 heavy (non-hydrogen) atoms. The topological polar surface area (TPSA) is 78.9 Å². The van der Waals surface area contributed by atoms with Crippen molar-refractivity contribution in [1.82, 2.24) is 25.1 Å². The van der Waals surface area contributed by atoms with Crippen molar-refractivity contribution in [3.8, 4) is 28.7 Å². The van der Waals surface area contributed by atoms with Crippen molar-refractivity contribution in [3.63, 3.8) is 0 Å². The van der Waals surface area contributed by atoms with Gasteiger partial charge < -0.3 is 9.26 Å². The first kappa shape index (κ1) is 16.9. The molecule has 8 heteroatoms. The van der Waals surface area contributed by atoms with Crippen LogP contribution in [0.25, 0.3) is 23.0 Å². The molecule has 0 aliphatic heterocycles. The summed E-state index contributed by atoms with van der Waals surface area (Å²) in [6.07, 6.45) is 0. The molecular weight excluding hydrogens is 349 g/mol. The Morgan fingerprint density at radius 1 is 1.15 bits per heavy atom. The van der Waals surface area contributed by atoms with E-state index in [1.54, 1.807) is 17.9 Å². The third kappa shape index (κ3) is 3.41. The van der Waals surface area contributed by atoms with Crippen LogP contribution in [0.5, 0.6) is 5.75 Å². The second-order valence-corrected chi connectivity index (χ2v) is 5.97. The Morgan fingerprint density at radius 2 is 2.00 bits per heavy atom. The minimum atomic E-state index is -0.286. The molecule has 0 N–H and O–H groups in total. The average Bonchev–Trinajstić information content (AvgIpc) is 3.29. The molecule has 0 atom stereocenters. The molecule has 0 unspecified atom stereocenters. The molecule has 136 valence electrons. The summed E-state index contributed by atoms with van der Waals surface area (Å²) in [5, 5.41) is 12.3. The molecule has 0 radical (unpaired) electrons. The lowest BCUT2D eigenvalue weighted by Crippen LogP contribution is -2.04. The number of hydrogen-bond acceptors (Lipinski definition) is 6. The van der Waals surface area contributed by atoms with Crippen LogP contribution in [-0.4, -0.2) is 32.2 Å². The molecule has 0 amide bonds. The number of nitrogens with zero attached hydrogens (tertiary/aromatic N) is 5. The van der Waals surface area contributed by atoms with Crippen molar-refractivity contribution in [2.45, 2.75) is 13.5 Å². The number of benzene rings is 2. The molecule has 2 aromatic carbocycles. The Hall–Kier alpha value is -3.55. The van der Waals surface area contributed by atoms with Crippen LogP contribution >= 0.6 is 0 Å². The van der Waals surface area contributed by atoms with Gasteiger partial charge >= 0.3 is 0 Å². The largest absolute Gasteiger partial charge is 0.497 e. The van der Waals surface area contributed by atoms with Crippen LogP contribution < -0.4 is 4.74 Å². The van der Waals surface area contributed by atoms with Gasteiger partial charge in [0.15, 0.2) is 5.69 Å². The molecule has 2 heterocycles. The molecule has 0 saturated heterocycles. The van der Waals surface area contributed by atoms with E-state index in [-0.39, 0.29) is 5.82 Å². The highest BCUT2D eigenvalue weighted by molar-refractivity contribution is 5.59. The van der Waals surface area contributed by atoms with Gasteiger partial charge in [0, 0.05) is 5.56 Å². The van der Waals surface area contributed by atoms with E-state index in [1.165, 1.54) is 12.1 Å². The smallest absolute Gasteiger partial charge is 0.258 e. The molecular formula is C19H16FN5O2. The van der Waals surface area contributed by atoms with E-state index < -0.39 is 0 Å². The van der Waals surface area contributed by atoms with Gasteiger partial charge in [0.2, 0.25) is 5.82 Å². The first-order valence-electron chi connectivity index (χ1n) is 8.27. The highest BCUT2D eigenvalue weighted by Crippen LogP contribution is 2.25. The fraction of sp³-hybridized carbons (Fsp3) is 0.158. The summed E-state index contributed by atoms with van der Waals surface area (Å²) in [4.78, 5) is 4.41. The molecule has 0 saturated carbocycles. The summed E-state index contributed by atoms with van der Waals surface area (Å²) < 4.78 is 25.6. The minimum absolute atomic E-state index is 0.286. The SMILES string of the molecule is COc1cccc(-c2nc(-c3nnn(Cc4cccc(F)c4)c3C)no2)c1. The third-order valence-corrected chi connectivity index (χ3v) is 4.16. The van der Waals surface area contributed by atoms with E-state index in [0.29, 0.717) is 29.7 Å². The first-order valence-corrected chi connectivity index (χ1v) is 8.27. The lowest BCUT2D eigenvalue weighted by Gasteiger charge is -2.03. The van der Waals surface area contributed by atoms with Crippen LogP contribution in [0.1, 0.15) is 11.3 Å². The predicted octanol–water partition coefficient (Wildman–Crippen LogP) is 3.50. The monoisotopic (exact) mass is 365 g/mol.